The molecule has 0 spiro atoms. The van der Waals surface area contributed by atoms with Gasteiger partial charge in [0.25, 0.3) is 0 Å². The first-order valence-electron chi connectivity index (χ1n) is 9.86. The first-order valence-corrected chi connectivity index (χ1v) is 9.86. The first-order chi connectivity index (χ1) is 14.5. The largest absolute Gasteiger partial charge is 0.527 e. The molecule has 31 heavy (non-hydrogen) atoms. The maximum Gasteiger partial charge on any atom is 0.527 e. The van der Waals surface area contributed by atoms with Crippen molar-refractivity contribution in [1.29, 1.82) is 0 Å². The SMILES string of the molecule is CCCC1CCC(c2ccc(-c3cc(F)c(C(F)(F)OC(F)(F)F)c(F)c3)cc2)OC1. The van der Waals surface area contributed by atoms with Crippen LogP contribution in [0.15, 0.2) is 36.4 Å². The fraction of sp³-hybridized carbons (Fsp3) is 0.455. The summed E-state index contributed by atoms with van der Waals surface area (Å²) in [4.78, 5) is 0. The number of hydrogen-bond donors (Lipinski definition) is 0. The van der Waals surface area contributed by atoms with Crippen LogP contribution in [0.25, 0.3) is 11.1 Å². The van der Waals surface area contributed by atoms with E-state index in [9.17, 15) is 30.7 Å². The minimum atomic E-state index is -5.77. The highest BCUT2D eigenvalue weighted by molar-refractivity contribution is 5.64. The highest BCUT2D eigenvalue weighted by atomic mass is 19.4. The third-order valence-corrected chi connectivity index (χ3v) is 5.26. The van der Waals surface area contributed by atoms with E-state index in [1.54, 1.807) is 24.3 Å². The van der Waals surface area contributed by atoms with E-state index >= 15 is 0 Å². The number of alkyl halides is 5. The van der Waals surface area contributed by atoms with Gasteiger partial charge in [0, 0.05) is 0 Å². The maximum atomic E-state index is 14.1. The zero-order chi connectivity index (χ0) is 22.8. The lowest BCUT2D eigenvalue weighted by atomic mass is 9.91. The fourth-order valence-corrected chi connectivity index (χ4v) is 3.81. The number of rotatable bonds is 6. The van der Waals surface area contributed by atoms with Gasteiger partial charge >= 0.3 is 12.5 Å². The van der Waals surface area contributed by atoms with E-state index in [2.05, 4.69) is 11.7 Å². The number of benzene rings is 2. The molecule has 9 heteroatoms. The molecule has 3 rings (SSSR count). The van der Waals surface area contributed by atoms with Crippen molar-refractivity contribution in [3.8, 4) is 11.1 Å². The van der Waals surface area contributed by atoms with Crippen molar-refractivity contribution in [1.82, 2.24) is 0 Å². The van der Waals surface area contributed by atoms with Crippen LogP contribution in [0, 0.1) is 17.6 Å². The van der Waals surface area contributed by atoms with E-state index in [0.717, 1.165) is 31.2 Å². The Morgan fingerprint density at radius 2 is 1.55 bits per heavy atom. The summed E-state index contributed by atoms with van der Waals surface area (Å²) in [5.41, 5.74) is -1.00. The standard InChI is InChI=1S/C22H21F7O2/c1-2-3-13-4-9-19(30-12-13)15-7-5-14(6-8-15)16-10-17(23)20(18(24)11-16)21(25,26)31-22(27,28)29/h5-8,10-11,13,19H,2-4,9,12H2,1H3. The van der Waals surface area contributed by atoms with Gasteiger partial charge in [-0.25, -0.2) is 13.5 Å². The second kappa shape index (κ2) is 9.16. The van der Waals surface area contributed by atoms with Crippen LogP contribution in [-0.4, -0.2) is 13.0 Å². The van der Waals surface area contributed by atoms with Gasteiger partial charge in [0.05, 0.1) is 12.7 Å². The molecule has 1 aliphatic rings. The predicted octanol–water partition coefficient (Wildman–Crippen LogP) is 7.49. The van der Waals surface area contributed by atoms with E-state index in [-0.39, 0.29) is 11.7 Å². The topological polar surface area (TPSA) is 18.5 Å². The van der Waals surface area contributed by atoms with Crippen molar-refractivity contribution < 1.29 is 40.2 Å². The van der Waals surface area contributed by atoms with Crippen LogP contribution in [0.1, 0.15) is 49.8 Å². The third kappa shape index (κ3) is 5.77. The van der Waals surface area contributed by atoms with Crippen molar-refractivity contribution in [3.05, 3.63) is 59.2 Å². The molecule has 2 nitrogen and oxygen atoms in total. The van der Waals surface area contributed by atoms with Crippen LogP contribution >= 0.6 is 0 Å². The Kier molecular flexibility index (Phi) is 6.95. The Balaban J connectivity index is 1.78. The van der Waals surface area contributed by atoms with E-state index in [4.69, 9.17) is 4.74 Å². The average Bonchev–Trinajstić information content (AvgIpc) is 2.66. The molecule has 2 unspecified atom stereocenters. The van der Waals surface area contributed by atoms with E-state index in [1.165, 1.54) is 0 Å². The highest BCUT2D eigenvalue weighted by Crippen LogP contribution is 2.40. The van der Waals surface area contributed by atoms with E-state index < -0.39 is 29.7 Å². The van der Waals surface area contributed by atoms with Crippen molar-refractivity contribution in [2.24, 2.45) is 5.92 Å². The maximum absolute atomic E-state index is 14.1. The summed E-state index contributed by atoms with van der Waals surface area (Å²) in [6.07, 6.45) is -7.00. The highest BCUT2D eigenvalue weighted by Gasteiger charge is 2.49. The lowest BCUT2D eigenvalue weighted by Gasteiger charge is -2.29. The zero-order valence-corrected chi connectivity index (χ0v) is 16.6. The molecule has 1 saturated heterocycles. The van der Waals surface area contributed by atoms with Gasteiger partial charge in [-0.15, -0.1) is 13.2 Å². The molecule has 0 aliphatic carbocycles. The molecule has 2 aromatic carbocycles. The molecule has 2 atom stereocenters. The Morgan fingerprint density at radius 1 is 0.935 bits per heavy atom. The van der Waals surface area contributed by atoms with E-state index in [1.807, 2.05) is 0 Å². The lowest BCUT2D eigenvalue weighted by Crippen LogP contribution is -2.29. The Bertz CT molecular complexity index is 863. The third-order valence-electron chi connectivity index (χ3n) is 5.26. The second-order valence-electron chi connectivity index (χ2n) is 7.56. The predicted molar refractivity (Wildman–Crippen MR) is 99.2 cm³/mol. The van der Waals surface area contributed by atoms with Crippen molar-refractivity contribution >= 4 is 0 Å². The molecule has 0 saturated carbocycles. The summed E-state index contributed by atoms with van der Waals surface area (Å²) in [6, 6.07) is 7.63. The van der Waals surface area contributed by atoms with Crippen LogP contribution in [0.4, 0.5) is 30.7 Å². The Morgan fingerprint density at radius 3 is 2.03 bits per heavy atom. The van der Waals surface area contributed by atoms with Crippen LogP contribution < -0.4 is 0 Å². The average molecular weight is 450 g/mol. The number of hydrogen-bond acceptors (Lipinski definition) is 2. The van der Waals surface area contributed by atoms with Crippen molar-refractivity contribution in [3.63, 3.8) is 0 Å². The summed E-state index contributed by atoms with van der Waals surface area (Å²) in [5, 5.41) is 0. The summed E-state index contributed by atoms with van der Waals surface area (Å²) in [6.45, 7) is 2.78. The monoisotopic (exact) mass is 450 g/mol. The summed E-state index contributed by atoms with van der Waals surface area (Å²) in [5.74, 6) is -3.15. The van der Waals surface area contributed by atoms with Gasteiger partial charge < -0.3 is 4.74 Å². The normalized spacial score (nSPS) is 20.1. The first kappa shape index (κ1) is 23.5. The van der Waals surface area contributed by atoms with Gasteiger partial charge in [-0.05, 0) is 54.0 Å². The zero-order valence-electron chi connectivity index (χ0n) is 16.6. The van der Waals surface area contributed by atoms with Crippen molar-refractivity contribution in [2.45, 2.75) is 51.2 Å². The van der Waals surface area contributed by atoms with Crippen LogP contribution in [0.2, 0.25) is 0 Å². The molecule has 1 heterocycles. The quantitative estimate of drug-likeness (QED) is 0.425. The van der Waals surface area contributed by atoms with Crippen LogP contribution in [0.3, 0.4) is 0 Å². The van der Waals surface area contributed by atoms with Gasteiger partial charge in [0.15, 0.2) is 0 Å². The Labute approximate surface area is 175 Å². The van der Waals surface area contributed by atoms with Gasteiger partial charge in [0.2, 0.25) is 0 Å². The molecule has 0 amide bonds. The van der Waals surface area contributed by atoms with Crippen LogP contribution in [-0.2, 0) is 15.6 Å². The summed E-state index contributed by atoms with van der Waals surface area (Å²) < 4.78 is 100. The molecule has 170 valence electrons. The minimum absolute atomic E-state index is 0.0966. The fourth-order valence-electron chi connectivity index (χ4n) is 3.81. The molecule has 1 aliphatic heterocycles. The number of ether oxygens (including phenoxy) is 2. The molecular weight excluding hydrogens is 429 g/mol. The molecule has 0 radical (unpaired) electrons. The Hall–Kier alpha value is -2.13. The molecule has 2 aromatic rings. The molecule has 0 N–H and O–H groups in total. The van der Waals surface area contributed by atoms with Crippen molar-refractivity contribution in [2.75, 3.05) is 6.61 Å². The van der Waals surface area contributed by atoms with Gasteiger partial charge in [-0.1, -0.05) is 37.6 Å². The smallest absolute Gasteiger partial charge is 0.373 e. The molecule has 0 bridgehead atoms. The number of halogens is 7. The molecule has 1 fully saturated rings. The van der Waals surface area contributed by atoms with E-state index in [0.29, 0.717) is 30.2 Å². The lowest BCUT2D eigenvalue weighted by molar-refractivity contribution is -0.432. The van der Waals surface area contributed by atoms with Gasteiger partial charge in [-0.3, -0.25) is 0 Å². The molecule has 0 aromatic heterocycles. The second-order valence-corrected chi connectivity index (χ2v) is 7.56. The van der Waals surface area contributed by atoms with Gasteiger partial charge in [-0.2, -0.15) is 8.78 Å². The summed E-state index contributed by atoms with van der Waals surface area (Å²) in [7, 11) is 0. The molecular formula is C22H21F7O2. The minimum Gasteiger partial charge on any atom is -0.373 e. The van der Waals surface area contributed by atoms with Crippen LogP contribution in [0.5, 0.6) is 0 Å². The summed E-state index contributed by atoms with van der Waals surface area (Å²) >= 11 is 0. The van der Waals surface area contributed by atoms with Gasteiger partial charge in [0.1, 0.15) is 17.2 Å².